The van der Waals surface area contributed by atoms with Crippen LogP contribution in [0.1, 0.15) is 82.3 Å². The number of rotatable bonds is 9. The van der Waals surface area contributed by atoms with E-state index in [-0.39, 0.29) is 0 Å². The Morgan fingerprint density at radius 2 is 1.85 bits per heavy atom. The predicted octanol–water partition coefficient (Wildman–Crippen LogP) is 4.73. The Morgan fingerprint density at radius 3 is 2.59 bits per heavy atom. The maximum Gasteiger partial charge on any atom is 0.131 e. The number of fused-ring (bicyclic) bond motifs is 1. The first kappa shape index (κ1) is 20.2. The number of allylic oxidation sites excluding steroid dienone is 2. The number of hydrogen-bond donors (Lipinski definition) is 1. The Balaban J connectivity index is 1.49. The van der Waals surface area contributed by atoms with Crippen LogP contribution in [0.5, 0.6) is 0 Å². The zero-order chi connectivity index (χ0) is 19.2. The van der Waals surface area contributed by atoms with Crippen LogP contribution in [-0.4, -0.2) is 40.7 Å². The number of likely N-dealkylation sites (tertiary alicyclic amines) is 1. The van der Waals surface area contributed by atoms with Gasteiger partial charge in [0.1, 0.15) is 17.8 Å². The molecule has 1 aliphatic heterocycles. The molecule has 4 nitrogen and oxygen atoms in total. The van der Waals surface area contributed by atoms with Gasteiger partial charge in [-0.25, -0.2) is 14.4 Å². The number of halogens is 1. The fraction of sp³-hybridized carbons (Fsp3) is 0.727. The van der Waals surface area contributed by atoms with Gasteiger partial charge in [0.25, 0.3) is 0 Å². The maximum atomic E-state index is 13.2. The molecule has 0 spiro atoms. The number of hydrogen-bond acceptors (Lipinski definition) is 4. The molecule has 0 amide bonds. The second-order valence-corrected chi connectivity index (χ2v) is 8.22. The van der Waals surface area contributed by atoms with Gasteiger partial charge in [0.15, 0.2) is 0 Å². The Labute approximate surface area is 163 Å². The number of nitrogens with zero attached hydrogens (tertiary/aromatic N) is 3. The van der Waals surface area contributed by atoms with E-state index in [0.29, 0.717) is 18.7 Å². The van der Waals surface area contributed by atoms with Gasteiger partial charge in [0.05, 0.1) is 5.69 Å². The van der Waals surface area contributed by atoms with Crippen molar-refractivity contribution in [1.82, 2.24) is 14.9 Å². The third-order valence-electron chi connectivity index (χ3n) is 6.00. The van der Waals surface area contributed by atoms with Crippen LogP contribution in [0, 0.1) is 0 Å². The van der Waals surface area contributed by atoms with Crippen LogP contribution in [0.3, 0.4) is 0 Å². The number of aryl methyl sites for hydroxylation is 1. The Kier molecular flexibility index (Phi) is 7.22. The highest BCUT2D eigenvalue weighted by molar-refractivity contribution is 5.76. The van der Waals surface area contributed by atoms with E-state index in [2.05, 4.69) is 23.7 Å². The molecule has 0 saturated carbocycles. The molecular formula is C22H35FN4. The topological polar surface area (TPSA) is 55.0 Å². The van der Waals surface area contributed by atoms with Gasteiger partial charge in [-0.1, -0.05) is 25.3 Å². The number of unbranched alkanes of at least 4 members (excludes halogenated alkanes) is 3. The largest absolute Gasteiger partial charge is 0.383 e. The molecular weight excluding hydrogens is 339 g/mol. The first-order chi connectivity index (χ1) is 13.1. The van der Waals surface area contributed by atoms with E-state index in [1.165, 1.54) is 30.4 Å². The van der Waals surface area contributed by atoms with Crippen LogP contribution >= 0.6 is 0 Å². The number of alkyl halides is 1. The minimum absolute atomic E-state index is 0.574. The van der Waals surface area contributed by atoms with Crippen molar-refractivity contribution in [3.63, 3.8) is 0 Å². The lowest BCUT2D eigenvalue weighted by atomic mass is 10.0. The highest BCUT2D eigenvalue weighted by Gasteiger charge is 2.24. The predicted molar refractivity (Wildman–Crippen MR) is 110 cm³/mol. The fourth-order valence-electron chi connectivity index (χ4n) is 4.26. The molecule has 1 aromatic heterocycles. The van der Waals surface area contributed by atoms with Gasteiger partial charge in [-0.2, -0.15) is 0 Å². The average molecular weight is 375 g/mol. The number of aromatic nitrogens is 2. The number of anilines is 1. The van der Waals surface area contributed by atoms with Crippen molar-refractivity contribution in [2.75, 3.05) is 25.4 Å². The van der Waals surface area contributed by atoms with Crippen molar-refractivity contribution in [2.24, 2.45) is 0 Å². The standard InChI is InChI=1S/C22H35FN4/c1-3-4-9-20-25-21-18(16(2)15-19(21)22(24)26-20)8-6-5-7-12-27-13-10-17(23)11-14-27/h17H,3-15H2,1-2H3,(H2,24,25,26). The lowest BCUT2D eigenvalue weighted by molar-refractivity contribution is 0.149. The van der Waals surface area contributed by atoms with E-state index >= 15 is 0 Å². The quantitative estimate of drug-likeness (QED) is 0.635. The first-order valence-electron chi connectivity index (χ1n) is 10.8. The Bertz CT molecular complexity index is 663. The maximum absolute atomic E-state index is 13.2. The molecule has 1 fully saturated rings. The van der Waals surface area contributed by atoms with Gasteiger partial charge in [0, 0.05) is 25.1 Å². The molecule has 2 heterocycles. The molecule has 2 aliphatic rings. The lowest BCUT2D eigenvalue weighted by Crippen LogP contribution is -2.35. The summed E-state index contributed by atoms with van der Waals surface area (Å²) in [6.07, 6.45) is 9.59. The van der Waals surface area contributed by atoms with Crippen LogP contribution < -0.4 is 5.73 Å². The molecule has 2 N–H and O–H groups in total. The van der Waals surface area contributed by atoms with E-state index in [9.17, 15) is 4.39 Å². The van der Waals surface area contributed by atoms with Crippen molar-refractivity contribution < 1.29 is 4.39 Å². The zero-order valence-electron chi connectivity index (χ0n) is 17.1. The highest BCUT2D eigenvalue weighted by atomic mass is 19.1. The number of nitrogen functional groups attached to an aromatic ring is 1. The Morgan fingerprint density at radius 1 is 1.07 bits per heavy atom. The van der Waals surface area contributed by atoms with Crippen molar-refractivity contribution in [3.8, 4) is 0 Å². The molecule has 0 bridgehead atoms. The minimum Gasteiger partial charge on any atom is -0.383 e. The molecule has 1 saturated heterocycles. The Hall–Kier alpha value is -1.49. The molecule has 1 aliphatic carbocycles. The number of piperidine rings is 1. The lowest BCUT2D eigenvalue weighted by Gasteiger charge is -2.28. The summed E-state index contributed by atoms with van der Waals surface area (Å²) in [6.45, 7) is 7.36. The van der Waals surface area contributed by atoms with E-state index in [0.717, 1.165) is 68.8 Å². The summed E-state index contributed by atoms with van der Waals surface area (Å²) in [7, 11) is 0. The smallest absolute Gasteiger partial charge is 0.131 e. The summed E-state index contributed by atoms with van der Waals surface area (Å²) >= 11 is 0. The van der Waals surface area contributed by atoms with Crippen LogP contribution in [0.25, 0.3) is 5.57 Å². The molecule has 0 unspecified atom stereocenters. The minimum atomic E-state index is -0.574. The van der Waals surface area contributed by atoms with E-state index in [1.807, 2.05) is 0 Å². The molecule has 0 radical (unpaired) electrons. The second kappa shape index (κ2) is 9.63. The summed E-state index contributed by atoms with van der Waals surface area (Å²) in [5.41, 5.74) is 11.3. The third-order valence-corrected chi connectivity index (χ3v) is 6.00. The van der Waals surface area contributed by atoms with Gasteiger partial charge in [0.2, 0.25) is 0 Å². The molecule has 150 valence electrons. The van der Waals surface area contributed by atoms with Crippen LogP contribution in [0.2, 0.25) is 0 Å². The van der Waals surface area contributed by atoms with Crippen LogP contribution in [0.4, 0.5) is 10.2 Å². The van der Waals surface area contributed by atoms with Gasteiger partial charge in [-0.15, -0.1) is 0 Å². The summed E-state index contributed by atoms with van der Waals surface area (Å²) < 4.78 is 13.2. The molecule has 5 heteroatoms. The van der Waals surface area contributed by atoms with E-state index in [1.54, 1.807) is 0 Å². The van der Waals surface area contributed by atoms with Gasteiger partial charge in [-0.05, 0) is 64.0 Å². The van der Waals surface area contributed by atoms with E-state index in [4.69, 9.17) is 10.7 Å². The van der Waals surface area contributed by atoms with Crippen LogP contribution in [0.15, 0.2) is 5.57 Å². The summed E-state index contributed by atoms with van der Waals surface area (Å²) in [5, 5.41) is 0. The molecule has 0 aromatic carbocycles. The van der Waals surface area contributed by atoms with Gasteiger partial charge < -0.3 is 10.6 Å². The average Bonchev–Trinajstić information content (AvgIpc) is 2.97. The SMILES string of the molecule is CCCCc1nc(N)c2c(n1)C(CCCCCN1CCC(F)CC1)=C(C)C2. The normalized spacial score (nSPS) is 18.3. The third kappa shape index (κ3) is 5.28. The van der Waals surface area contributed by atoms with Gasteiger partial charge in [-0.3, -0.25) is 0 Å². The molecule has 27 heavy (non-hydrogen) atoms. The van der Waals surface area contributed by atoms with Crippen molar-refractivity contribution in [2.45, 2.75) is 84.2 Å². The highest BCUT2D eigenvalue weighted by Crippen LogP contribution is 2.37. The van der Waals surface area contributed by atoms with Crippen molar-refractivity contribution >= 4 is 11.4 Å². The monoisotopic (exact) mass is 374 g/mol. The van der Waals surface area contributed by atoms with E-state index < -0.39 is 6.17 Å². The number of nitrogens with two attached hydrogens (primary N) is 1. The fourth-order valence-corrected chi connectivity index (χ4v) is 4.26. The summed E-state index contributed by atoms with van der Waals surface area (Å²) in [6, 6.07) is 0. The molecule has 1 aromatic rings. The summed E-state index contributed by atoms with van der Waals surface area (Å²) in [5.74, 6) is 1.58. The first-order valence-corrected chi connectivity index (χ1v) is 10.8. The summed E-state index contributed by atoms with van der Waals surface area (Å²) in [4.78, 5) is 11.8. The van der Waals surface area contributed by atoms with Crippen molar-refractivity contribution in [1.29, 1.82) is 0 Å². The van der Waals surface area contributed by atoms with Crippen molar-refractivity contribution in [3.05, 3.63) is 22.7 Å². The molecule has 0 atom stereocenters. The van der Waals surface area contributed by atoms with Gasteiger partial charge >= 0.3 is 0 Å². The molecule has 3 rings (SSSR count). The second-order valence-electron chi connectivity index (χ2n) is 8.22. The van der Waals surface area contributed by atoms with Crippen LogP contribution in [-0.2, 0) is 12.8 Å². The zero-order valence-corrected chi connectivity index (χ0v) is 17.1.